The molecule has 1 aliphatic heterocycles. The molecule has 2 heterocycles. The van der Waals surface area contributed by atoms with Gasteiger partial charge in [-0.1, -0.05) is 31.7 Å². The monoisotopic (exact) mass is 457 g/mol. The number of nitrogens with zero attached hydrogens (tertiary/aromatic N) is 1. The van der Waals surface area contributed by atoms with Crippen LogP contribution in [-0.4, -0.2) is 58.2 Å². The van der Waals surface area contributed by atoms with Crippen molar-refractivity contribution in [1.29, 1.82) is 0 Å². The number of carbonyl (C=O) groups excluding carboxylic acids is 1. The molecule has 2 aromatic rings. The van der Waals surface area contributed by atoms with Crippen LogP contribution in [0.15, 0.2) is 27.4 Å². The van der Waals surface area contributed by atoms with Gasteiger partial charge in [-0.2, -0.15) is 13.2 Å². The lowest BCUT2D eigenvalue weighted by Crippen LogP contribution is -2.57. The quantitative estimate of drug-likeness (QED) is 0.607. The van der Waals surface area contributed by atoms with E-state index in [4.69, 9.17) is 14.3 Å². The molecular formula is C21H26F3N3O5. The summed E-state index contributed by atoms with van der Waals surface area (Å²) in [5.41, 5.74) is 1.35. The molecule has 0 bridgehead atoms. The SMILES string of the molecule is O=C(NCC1CCN1C1CCCCCC1)c1cccc2oc(=O)[nH]c12.O=C(O)C(F)(F)F. The van der Waals surface area contributed by atoms with Crippen LogP contribution in [0.2, 0.25) is 0 Å². The highest BCUT2D eigenvalue weighted by molar-refractivity contribution is 6.04. The number of halogens is 3. The number of hydrogen-bond donors (Lipinski definition) is 3. The number of carboxylic acid groups (broad SMARTS) is 1. The van der Waals surface area contributed by atoms with Crippen LogP contribution >= 0.6 is 0 Å². The molecule has 1 aliphatic carbocycles. The number of fused-ring (bicyclic) bond motifs is 1. The molecule has 1 atom stereocenters. The molecule has 1 saturated heterocycles. The maximum absolute atomic E-state index is 12.6. The Morgan fingerprint density at radius 2 is 1.81 bits per heavy atom. The van der Waals surface area contributed by atoms with Crippen molar-refractivity contribution < 1.29 is 32.3 Å². The lowest BCUT2D eigenvalue weighted by molar-refractivity contribution is -0.192. The van der Waals surface area contributed by atoms with Gasteiger partial charge in [-0.15, -0.1) is 0 Å². The van der Waals surface area contributed by atoms with Gasteiger partial charge in [0.25, 0.3) is 5.91 Å². The zero-order valence-electron chi connectivity index (χ0n) is 17.4. The first-order chi connectivity index (χ1) is 15.2. The van der Waals surface area contributed by atoms with Crippen LogP contribution in [-0.2, 0) is 4.79 Å². The third-order valence-corrected chi connectivity index (χ3v) is 5.92. The van der Waals surface area contributed by atoms with Crippen LogP contribution in [0.3, 0.4) is 0 Å². The fraction of sp³-hybridized carbons (Fsp3) is 0.571. The van der Waals surface area contributed by atoms with Gasteiger partial charge < -0.3 is 14.8 Å². The van der Waals surface area contributed by atoms with Gasteiger partial charge in [0.1, 0.15) is 0 Å². The Labute approximate surface area is 181 Å². The van der Waals surface area contributed by atoms with E-state index in [1.54, 1.807) is 18.2 Å². The lowest BCUT2D eigenvalue weighted by atomic mass is 9.95. The number of para-hydroxylation sites is 1. The number of rotatable bonds is 4. The molecule has 8 nitrogen and oxygen atoms in total. The van der Waals surface area contributed by atoms with Crippen LogP contribution in [0.1, 0.15) is 55.3 Å². The fourth-order valence-corrected chi connectivity index (χ4v) is 4.22. The van der Waals surface area contributed by atoms with Crippen LogP contribution < -0.4 is 11.1 Å². The summed E-state index contributed by atoms with van der Waals surface area (Å²) in [7, 11) is 0. The van der Waals surface area contributed by atoms with Crippen molar-refractivity contribution in [3.05, 3.63) is 34.3 Å². The lowest BCUT2D eigenvalue weighted by Gasteiger charge is -2.46. The van der Waals surface area contributed by atoms with Crippen molar-refractivity contribution in [2.75, 3.05) is 13.1 Å². The van der Waals surface area contributed by atoms with E-state index >= 15 is 0 Å². The van der Waals surface area contributed by atoms with E-state index in [0.29, 0.717) is 35.3 Å². The van der Waals surface area contributed by atoms with E-state index in [9.17, 15) is 22.8 Å². The summed E-state index contributed by atoms with van der Waals surface area (Å²) in [5.74, 6) is -3.45. The van der Waals surface area contributed by atoms with Crippen LogP contribution in [0, 0.1) is 0 Å². The maximum atomic E-state index is 12.6. The van der Waals surface area contributed by atoms with Gasteiger partial charge in [-0.3, -0.25) is 14.7 Å². The molecule has 1 aromatic heterocycles. The summed E-state index contributed by atoms with van der Waals surface area (Å²) < 4.78 is 36.8. The van der Waals surface area contributed by atoms with Crippen molar-refractivity contribution in [1.82, 2.24) is 15.2 Å². The van der Waals surface area contributed by atoms with Crippen LogP contribution in [0.5, 0.6) is 0 Å². The number of alkyl halides is 3. The molecule has 0 radical (unpaired) electrons. The van der Waals surface area contributed by atoms with E-state index < -0.39 is 17.9 Å². The Balaban J connectivity index is 0.000000360. The van der Waals surface area contributed by atoms with Crippen molar-refractivity contribution in [3.63, 3.8) is 0 Å². The maximum Gasteiger partial charge on any atom is 0.490 e. The van der Waals surface area contributed by atoms with Crippen LogP contribution in [0.4, 0.5) is 13.2 Å². The zero-order valence-corrected chi connectivity index (χ0v) is 17.4. The largest absolute Gasteiger partial charge is 0.490 e. The summed E-state index contributed by atoms with van der Waals surface area (Å²) in [6.45, 7) is 1.81. The normalized spacial score (nSPS) is 20.0. The van der Waals surface area contributed by atoms with Gasteiger partial charge in [0, 0.05) is 25.2 Å². The van der Waals surface area contributed by atoms with Crippen molar-refractivity contribution >= 4 is 23.0 Å². The molecule has 1 saturated carbocycles. The minimum Gasteiger partial charge on any atom is -0.475 e. The Morgan fingerprint density at radius 3 is 2.38 bits per heavy atom. The molecule has 32 heavy (non-hydrogen) atoms. The second kappa shape index (κ2) is 10.2. The standard InChI is InChI=1S/C19H25N3O3.C2HF3O2/c23-18(15-8-5-9-16-17(15)21-19(24)25-16)20-12-14-10-11-22(14)13-6-3-1-2-4-7-13;3-2(4,5)1(6)7/h5,8-9,13-14H,1-4,6-7,10-12H2,(H,20,23)(H,21,24);(H,6,7). The molecule has 4 rings (SSSR count). The van der Waals surface area contributed by atoms with Gasteiger partial charge >= 0.3 is 17.9 Å². The number of carbonyl (C=O) groups is 2. The second-order valence-corrected chi connectivity index (χ2v) is 8.03. The van der Waals surface area contributed by atoms with E-state index in [-0.39, 0.29) is 5.91 Å². The minimum absolute atomic E-state index is 0.157. The smallest absolute Gasteiger partial charge is 0.475 e. The van der Waals surface area contributed by atoms with Crippen molar-refractivity contribution in [3.8, 4) is 0 Å². The number of nitrogens with one attached hydrogen (secondary N) is 2. The number of hydrogen-bond acceptors (Lipinski definition) is 5. The minimum atomic E-state index is -5.08. The Bertz CT molecular complexity index is 992. The number of aromatic nitrogens is 1. The number of likely N-dealkylation sites (tertiary alicyclic amines) is 1. The van der Waals surface area contributed by atoms with Gasteiger partial charge in [-0.05, 0) is 31.4 Å². The first-order valence-corrected chi connectivity index (χ1v) is 10.6. The van der Waals surface area contributed by atoms with Gasteiger partial charge in [0.15, 0.2) is 5.58 Å². The van der Waals surface area contributed by atoms with Gasteiger partial charge in [0.05, 0.1) is 11.1 Å². The van der Waals surface area contributed by atoms with Crippen molar-refractivity contribution in [2.24, 2.45) is 0 Å². The number of H-pyrrole nitrogens is 1. The Hall–Kier alpha value is -2.82. The molecule has 3 N–H and O–H groups in total. The number of carboxylic acids is 1. The summed E-state index contributed by atoms with van der Waals surface area (Å²) in [5, 5.41) is 10.2. The second-order valence-electron chi connectivity index (χ2n) is 8.03. The number of benzene rings is 1. The topological polar surface area (TPSA) is 116 Å². The molecule has 11 heteroatoms. The number of aromatic amines is 1. The van der Waals surface area contributed by atoms with Gasteiger partial charge in [0.2, 0.25) is 0 Å². The summed E-state index contributed by atoms with van der Waals surface area (Å²) in [6, 6.07) is 6.26. The highest BCUT2D eigenvalue weighted by atomic mass is 19.4. The van der Waals surface area contributed by atoms with Crippen molar-refractivity contribution in [2.45, 2.75) is 63.2 Å². The van der Waals surface area contributed by atoms with E-state index in [1.807, 2.05) is 0 Å². The number of oxazole rings is 1. The highest BCUT2D eigenvalue weighted by Gasteiger charge is 2.38. The van der Waals surface area contributed by atoms with E-state index in [2.05, 4.69) is 15.2 Å². The predicted molar refractivity (Wildman–Crippen MR) is 109 cm³/mol. The summed E-state index contributed by atoms with van der Waals surface area (Å²) in [6.07, 6.45) is 4.02. The molecule has 2 aliphatic rings. The first-order valence-electron chi connectivity index (χ1n) is 10.6. The number of aliphatic carboxylic acids is 1. The third-order valence-electron chi connectivity index (χ3n) is 5.92. The number of amides is 1. The molecule has 176 valence electrons. The van der Waals surface area contributed by atoms with Gasteiger partial charge in [-0.25, -0.2) is 9.59 Å². The third kappa shape index (κ3) is 5.90. The predicted octanol–water partition coefficient (Wildman–Crippen LogP) is 3.28. The molecule has 1 unspecified atom stereocenters. The average molecular weight is 457 g/mol. The molecule has 1 amide bonds. The summed E-state index contributed by atoms with van der Waals surface area (Å²) in [4.78, 5) is 38.0. The zero-order chi connectivity index (χ0) is 23.3. The van der Waals surface area contributed by atoms with E-state index in [0.717, 1.165) is 13.0 Å². The fourth-order valence-electron chi connectivity index (χ4n) is 4.22. The van der Waals surface area contributed by atoms with Crippen LogP contribution in [0.25, 0.3) is 11.1 Å². The molecule has 1 aromatic carbocycles. The molecule has 2 fully saturated rings. The summed E-state index contributed by atoms with van der Waals surface area (Å²) >= 11 is 0. The highest BCUT2D eigenvalue weighted by Crippen LogP contribution is 2.29. The molecule has 0 spiro atoms. The van der Waals surface area contributed by atoms with E-state index in [1.165, 1.54) is 38.5 Å². The average Bonchev–Trinajstić information content (AvgIpc) is 2.90. The Morgan fingerprint density at radius 1 is 1.16 bits per heavy atom. The first kappa shape index (κ1) is 23.8. The molecular weight excluding hydrogens is 431 g/mol. The Kier molecular flexibility index (Phi) is 7.60.